The fourth-order valence-electron chi connectivity index (χ4n) is 1.51. The summed E-state index contributed by atoms with van der Waals surface area (Å²) in [6, 6.07) is 3.61. The molecule has 0 aliphatic carbocycles. The summed E-state index contributed by atoms with van der Waals surface area (Å²) in [6.45, 7) is 3.51. The number of pyridine rings is 1. The van der Waals surface area contributed by atoms with E-state index in [0.29, 0.717) is 24.5 Å². The number of nitrogens with zero attached hydrogens (tertiary/aromatic N) is 1. The van der Waals surface area contributed by atoms with E-state index in [1.54, 1.807) is 12.3 Å². The molecule has 5 heteroatoms. The zero-order valence-corrected chi connectivity index (χ0v) is 10.9. The number of nitrogens with two attached hydrogens (primary N) is 1. The zero-order valence-electron chi connectivity index (χ0n) is 10.9. The van der Waals surface area contributed by atoms with Gasteiger partial charge in [0.2, 0.25) is 5.91 Å². The van der Waals surface area contributed by atoms with Gasteiger partial charge in [-0.15, -0.1) is 0 Å². The molecule has 1 heterocycles. The van der Waals surface area contributed by atoms with Crippen LogP contribution in [0.4, 0.5) is 11.5 Å². The van der Waals surface area contributed by atoms with E-state index < -0.39 is 0 Å². The van der Waals surface area contributed by atoms with Crippen molar-refractivity contribution in [3.8, 4) is 0 Å². The summed E-state index contributed by atoms with van der Waals surface area (Å²) in [7, 11) is 0. The first kappa shape index (κ1) is 14.3. The SMILES string of the molecule is CCCCC(=O)NCCCNc1ncccc1N. The molecule has 5 nitrogen and oxygen atoms in total. The molecule has 0 saturated carbocycles. The van der Waals surface area contributed by atoms with Gasteiger partial charge in [-0.2, -0.15) is 0 Å². The quantitative estimate of drug-likeness (QED) is 0.614. The Kier molecular flexibility index (Phi) is 6.61. The Bertz CT molecular complexity index is 368. The number of unbranched alkanes of at least 4 members (excludes halogenated alkanes) is 1. The van der Waals surface area contributed by atoms with E-state index >= 15 is 0 Å². The first-order chi connectivity index (χ1) is 8.74. The van der Waals surface area contributed by atoms with E-state index in [4.69, 9.17) is 5.73 Å². The number of nitrogen functional groups attached to an aromatic ring is 1. The molecule has 1 amide bonds. The second kappa shape index (κ2) is 8.33. The van der Waals surface area contributed by atoms with Gasteiger partial charge in [0, 0.05) is 25.7 Å². The Labute approximate surface area is 108 Å². The molecule has 4 N–H and O–H groups in total. The minimum absolute atomic E-state index is 0.134. The fraction of sp³-hybridized carbons (Fsp3) is 0.538. The summed E-state index contributed by atoms with van der Waals surface area (Å²) < 4.78 is 0. The number of amides is 1. The van der Waals surface area contributed by atoms with Crippen LogP contribution in [0.2, 0.25) is 0 Å². The van der Waals surface area contributed by atoms with Gasteiger partial charge in [-0.3, -0.25) is 4.79 Å². The van der Waals surface area contributed by atoms with Crippen molar-refractivity contribution in [2.24, 2.45) is 0 Å². The molecule has 0 saturated heterocycles. The third-order valence-electron chi connectivity index (χ3n) is 2.56. The van der Waals surface area contributed by atoms with Crippen molar-refractivity contribution in [2.75, 3.05) is 24.1 Å². The minimum Gasteiger partial charge on any atom is -0.396 e. The Morgan fingerprint density at radius 2 is 2.22 bits per heavy atom. The lowest BCUT2D eigenvalue weighted by atomic mass is 10.2. The van der Waals surface area contributed by atoms with Crippen LogP contribution in [0.25, 0.3) is 0 Å². The van der Waals surface area contributed by atoms with Gasteiger partial charge in [0.25, 0.3) is 0 Å². The van der Waals surface area contributed by atoms with Gasteiger partial charge >= 0.3 is 0 Å². The van der Waals surface area contributed by atoms with Crippen molar-refractivity contribution in [1.82, 2.24) is 10.3 Å². The number of anilines is 2. The van der Waals surface area contributed by atoms with Crippen LogP contribution in [0.15, 0.2) is 18.3 Å². The highest BCUT2D eigenvalue weighted by atomic mass is 16.1. The third-order valence-corrected chi connectivity index (χ3v) is 2.56. The van der Waals surface area contributed by atoms with Crippen molar-refractivity contribution in [3.05, 3.63) is 18.3 Å². The van der Waals surface area contributed by atoms with Gasteiger partial charge in [-0.25, -0.2) is 4.98 Å². The smallest absolute Gasteiger partial charge is 0.219 e. The number of hydrogen-bond donors (Lipinski definition) is 3. The fourth-order valence-corrected chi connectivity index (χ4v) is 1.51. The van der Waals surface area contributed by atoms with Crippen LogP contribution in [0, 0.1) is 0 Å². The summed E-state index contributed by atoms with van der Waals surface area (Å²) in [5.41, 5.74) is 6.39. The lowest BCUT2D eigenvalue weighted by molar-refractivity contribution is -0.121. The molecule has 0 aliphatic heterocycles. The summed E-state index contributed by atoms with van der Waals surface area (Å²) in [5, 5.41) is 6.03. The first-order valence-electron chi connectivity index (χ1n) is 6.45. The number of hydrogen-bond acceptors (Lipinski definition) is 4. The molecule has 1 aromatic rings. The molecule has 0 atom stereocenters. The monoisotopic (exact) mass is 250 g/mol. The van der Waals surface area contributed by atoms with Crippen LogP contribution in [-0.4, -0.2) is 24.0 Å². The lowest BCUT2D eigenvalue weighted by Crippen LogP contribution is -2.25. The predicted octanol–water partition coefficient (Wildman–Crippen LogP) is 1.77. The van der Waals surface area contributed by atoms with E-state index in [-0.39, 0.29) is 5.91 Å². The second-order valence-electron chi connectivity index (χ2n) is 4.18. The highest BCUT2D eigenvalue weighted by molar-refractivity contribution is 5.75. The highest BCUT2D eigenvalue weighted by Gasteiger charge is 2.00. The standard InChI is InChI=1S/C13H22N4O/c1-2-3-7-12(18)15-9-5-10-17-13-11(14)6-4-8-16-13/h4,6,8H,2-3,5,7,9-10,14H2,1H3,(H,15,18)(H,16,17). The van der Waals surface area contributed by atoms with E-state index in [9.17, 15) is 4.79 Å². The molecule has 0 aliphatic rings. The normalized spacial score (nSPS) is 10.1. The predicted molar refractivity (Wildman–Crippen MR) is 74.3 cm³/mol. The van der Waals surface area contributed by atoms with Gasteiger partial charge in [0.1, 0.15) is 5.82 Å². The van der Waals surface area contributed by atoms with Crippen LogP contribution in [-0.2, 0) is 4.79 Å². The van der Waals surface area contributed by atoms with Crippen LogP contribution in [0.3, 0.4) is 0 Å². The van der Waals surface area contributed by atoms with E-state index in [1.165, 1.54) is 0 Å². The third kappa shape index (κ3) is 5.52. The number of rotatable bonds is 8. The van der Waals surface area contributed by atoms with Crippen molar-refractivity contribution >= 4 is 17.4 Å². The van der Waals surface area contributed by atoms with E-state index in [0.717, 1.165) is 25.8 Å². The largest absolute Gasteiger partial charge is 0.396 e. The Balaban J connectivity index is 2.09. The molecule has 0 aromatic carbocycles. The summed E-state index contributed by atoms with van der Waals surface area (Å²) in [4.78, 5) is 15.5. The number of aromatic nitrogens is 1. The van der Waals surface area contributed by atoms with Gasteiger partial charge in [-0.1, -0.05) is 13.3 Å². The maximum absolute atomic E-state index is 11.3. The minimum atomic E-state index is 0.134. The molecule has 1 aromatic heterocycles. The van der Waals surface area contributed by atoms with Crippen LogP contribution < -0.4 is 16.4 Å². The van der Waals surface area contributed by atoms with Crippen LogP contribution in [0.1, 0.15) is 32.6 Å². The lowest BCUT2D eigenvalue weighted by Gasteiger charge is -2.08. The van der Waals surface area contributed by atoms with Crippen molar-refractivity contribution in [2.45, 2.75) is 32.6 Å². The molecular weight excluding hydrogens is 228 g/mol. The molecular formula is C13H22N4O. The molecule has 0 bridgehead atoms. The van der Waals surface area contributed by atoms with E-state index in [2.05, 4.69) is 22.5 Å². The molecule has 0 spiro atoms. The maximum atomic E-state index is 11.3. The number of carbonyl (C=O) groups is 1. The molecule has 0 radical (unpaired) electrons. The highest BCUT2D eigenvalue weighted by Crippen LogP contribution is 2.12. The van der Waals surface area contributed by atoms with Crippen molar-refractivity contribution < 1.29 is 4.79 Å². The Morgan fingerprint density at radius 1 is 1.39 bits per heavy atom. The number of carbonyl (C=O) groups excluding carboxylic acids is 1. The Hall–Kier alpha value is -1.78. The van der Waals surface area contributed by atoms with Crippen LogP contribution >= 0.6 is 0 Å². The summed E-state index contributed by atoms with van der Waals surface area (Å²) in [5.74, 6) is 0.837. The van der Waals surface area contributed by atoms with Gasteiger partial charge in [0.05, 0.1) is 5.69 Å². The van der Waals surface area contributed by atoms with Crippen molar-refractivity contribution in [3.63, 3.8) is 0 Å². The topological polar surface area (TPSA) is 80.0 Å². The molecule has 1 rings (SSSR count). The molecule has 100 valence electrons. The van der Waals surface area contributed by atoms with Crippen LogP contribution in [0.5, 0.6) is 0 Å². The van der Waals surface area contributed by atoms with Gasteiger partial charge in [0.15, 0.2) is 0 Å². The molecule has 18 heavy (non-hydrogen) atoms. The van der Waals surface area contributed by atoms with Crippen molar-refractivity contribution in [1.29, 1.82) is 0 Å². The van der Waals surface area contributed by atoms with Gasteiger partial charge in [-0.05, 0) is 25.0 Å². The second-order valence-corrected chi connectivity index (χ2v) is 4.18. The maximum Gasteiger partial charge on any atom is 0.219 e. The molecule has 0 unspecified atom stereocenters. The van der Waals surface area contributed by atoms with Gasteiger partial charge < -0.3 is 16.4 Å². The molecule has 0 fully saturated rings. The summed E-state index contributed by atoms with van der Waals surface area (Å²) in [6.07, 6.45) is 5.18. The zero-order chi connectivity index (χ0) is 13.2. The first-order valence-corrected chi connectivity index (χ1v) is 6.45. The van der Waals surface area contributed by atoms with E-state index in [1.807, 2.05) is 6.07 Å². The average Bonchev–Trinajstić information content (AvgIpc) is 2.38. The summed E-state index contributed by atoms with van der Waals surface area (Å²) >= 11 is 0. The Morgan fingerprint density at radius 3 is 2.94 bits per heavy atom. The number of nitrogens with one attached hydrogen (secondary N) is 2. The average molecular weight is 250 g/mol.